The van der Waals surface area contributed by atoms with Gasteiger partial charge in [0.15, 0.2) is 0 Å². The lowest BCUT2D eigenvalue weighted by molar-refractivity contribution is -0.140. The molecule has 0 aliphatic carbocycles. The lowest BCUT2D eigenvalue weighted by Crippen LogP contribution is -2.27. The van der Waals surface area contributed by atoms with Crippen molar-refractivity contribution in [3.05, 3.63) is 23.3 Å². The largest absolute Gasteiger partial charge is 0.469 e. The lowest BCUT2D eigenvalue weighted by Gasteiger charge is -2.14. The molecule has 0 aliphatic heterocycles. The van der Waals surface area contributed by atoms with Gasteiger partial charge >= 0.3 is 5.97 Å². The summed E-state index contributed by atoms with van der Waals surface area (Å²) in [5.74, 6) is -0.463. The number of nitrogen functional groups attached to an aromatic ring is 1. The predicted octanol–water partition coefficient (Wildman–Crippen LogP) is 1.23. The van der Waals surface area contributed by atoms with Gasteiger partial charge in [0.2, 0.25) is 10.0 Å². The molecule has 1 rings (SSSR count). The predicted molar refractivity (Wildman–Crippen MR) is 81.4 cm³/mol. The monoisotopic (exact) mass is 314 g/mol. The van der Waals surface area contributed by atoms with E-state index in [4.69, 9.17) is 5.73 Å². The molecule has 3 N–H and O–H groups in total. The number of nitrogens with one attached hydrogen (secondary N) is 1. The van der Waals surface area contributed by atoms with Crippen molar-refractivity contribution >= 4 is 21.7 Å². The topological polar surface area (TPSA) is 98.5 Å². The summed E-state index contributed by atoms with van der Waals surface area (Å²) in [6, 6.07) is 3.43. The first-order chi connectivity index (χ1) is 9.85. The minimum atomic E-state index is -3.70. The number of nitrogens with two attached hydrogens (primary N) is 1. The van der Waals surface area contributed by atoms with Gasteiger partial charge in [-0.3, -0.25) is 4.79 Å². The second-order valence-corrected chi connectivity index (χ2v) is 6.33. The molecule has 0 amide bonds. The fraction of sp³-hybridized carbons (Fsp3) is 0.500. The fourth-order valence-corrected chi connectivity index (χ4v) is 3.44. The third kappa shape index (κ3) is 4.44. The Kier molecular flexibility index (Phi) is 6.17. The van der Waals surface area contributed by atoms with Crippen LogP contribution >= 0.6 is 0 Å². The average Bonchev–Trinajstić information content (AvgIpc) is 2.45. The maximum atomic E-state index is 12.4. The Morgan fingerprint density at radius 2 is 1.95 bits per heavy atom. The molecule has 0 atom stereocenters. The summed E-state index contributed by atoms with van der Waals surface area (Å²) < 4.78 is 31.7. The highest BCUT2D eigenvalue weighted by atomic mass is 32.2. The van der Waals surface area contributed by atoms with Gasteiger partial charge < -0.3 is 10.5 Å². The summed E-state index contributed by atoms with van der Waals surface area (Å²) in [5, 5.41) is 0. The van der Waals surface area contributed by atoms with Gasteiger partial charge in [0.25, 0.3) is 0 Å². The molecule has 1 aromatic carbocycles. The van der Waals surface area contributed by atoms with E-state index >= 15 is 0 Å². The van der Waals surface area contributed by atoms with E-state index < -0.39 is 16.0 Å². The highest BCUT2D eigenvalue weighted by Crippen LogP contribution is 2.25. The van der Waals surface area contributed by atoms with Crippen LogP contribution in [0, 0.1) is 0 Å². The number of hydrogen-bond donors (Lipinski definition) is 2. The number of ether oxygens (including phenoxy) is 1. The standard InChI is InChI=1S/C14H22N2O4S/c1-4-10-8-12(15)11(5-2)13(9-10)21(18,19)16-7-6-14(17)20-3/h8-9,16H,4-7,15H2,1-3H3. The van der Waals surface area contributed by atoms with Crippen LogP contribution in [0.3, 0.4) is 0 Å². The number of sulfonamides is 1. The van der Waals surface area contributed by atoms with Gasteiger partial charge in [-0.2, -0.15) is 0 Å². The summed E-state index contributed by atoms with van der Waals surface area (Å²) in [6.45, 7) is 3.78. The Morgan fingerprint density at radius 3 is 2.48 bits per heavy atom. The Bertz CT molecular complexity index is 612. The molecule has 6 nitrogen and oxygen atoms in total. The van der Waals surface area contributed by atoms with Crippen molar-refractivity contribution < 1.29 is 17.9 Å². The van der Waals surface area contributed by atoms with Crippen molar-refractivity contribution in [2.45, 2.75) is 38.0 Å². The molecule has 0 spiro atoms. The number of hydrogen-bond acceptors (Lipinski definition) is 5. The summed E-state index contributed by atoms with van der Waals surface area (Å²) in [5.41, 5.74) is 7.87. The molecular formula is C14H22N2O4S. The molecule has 0 saturated carbocycles. The van der Waals surface area contributed by atoms with E-state index in [9.17, 15) is 13.2 Å². The zero-order chi connectivity index (χ0) is 16.0. The molecule has 0 radical (unpaired) electrons. The third-order valence-electron chi connectivity index (χ3n) is 3.20. The number of esters is 1. The van der Waals surface area contributed by atoms with Gasteiger partial charge in [-0.15, -0.1) is 0 Å². The summed E-state index contributed by atoms with van der Waals surface area (Å²) >= 11 is 0. The van der Waals surface area contributed by atoms with Crippen LogP contribution in [0.2, 0.25) is 0 Å². The van der Waals surface area contributed by atoms with E-state index in [1.807, 2.05) is 13.8 Å². The van der Waals surface area contributed by atoms with Crippen molar-refractivity contribution in [1.29, 1.82) is 0 Å². The molecule has 0 fully saturated rings. The smallest absolute Gasteiger partial charge is 0.306 e. The average molecular weight is 314 g/mol. The quantitative estimate of drug-likeness (QED) is 0.583. The maximum absolute atomic E-state index is 12.4. The molecule has 0 bridgehead atoms. The van der Waals surface area contributed by atoms with Crippen LogP contribution in [-0.2, 0) is 32.4 Å². The fourth-order valence-electron chi connectivity index (χ4n) is 2.02. The molecule has 0 heterocycles. The van der Waals surface area contributed by atoms with Crippen molar-refractivity contribution in [3.8, 4) is 0 Å². The van der Waals surface area contributed by atoms with Crippen LogP contribution < -0.4 is 10.5 Å². The second-order valence-electron chi connectivity index (χ2n) is 4.59. The van der Waals surface area contributed by atoms with Gasteiger partial charge in [0.1, 0.15) is 0 Å². The second kappa shape index (κ2) is 7.42. The van der Waals surface area contributed by atoms with E-state index in [1.54, 1.807) is 12.1 Å². The van der Waals surface area contributed by atoms with Crippen molar-refractivity contribution in [2.75, 3.05) is 19.4 Å². The minimum absolute atomic E-state index is 0.00554. The summed E-state index contributed by atoms with van der Waals surface area (Å²) in [7, 11) is -2.44. The normalized spacial score (nSPS) is 11.4. The lowest BCUT2D eigenvalue weighted by atomic mass is 10.1. The molecule has 7 heteroatoms. The van der Waals surface area contributed by atoms with Crippen molar-refractivity contribution in [3.63, 3.8) is 0 Å². The Morgan fingerprint density at radius 1 is 1.29 bits per heavy atom. The molecule has 0 aliphatic rings. The molecule has 0 saturated heterocycles. The zero-order valence-electron chi connectivity index (χ0n) is 12.6. The van der Waals surface area contributed by atoms with Crippen molar-refractivity contribution in [2.24, 2.45) is 0 Å². The van der Waals surface area contributed by atoms with E-state index in [0.717, 1.165) is 5.56 Å². The van der Waals surface area contributed by atoms with Crippen LogP contribution in [0.25, 0.3) is 0 Å². The number of carbonyl (C=O) groups excluding carboxylic acids is 1. The van der Waals surface area contributed by atoms with E-state index in [0.29, 0.717) is 24.1 Å². The number of aryl methyl sites for hydroxylation is 1. The number of anilines is 1. The van der Waals surface area contributed by atoms with Gasteiger partial charge in [-0.25, -0.2) is 13.1 Å². The van der Waals surface area contributed by atoms with Gasteiger partial charge in [-0.05, 0) is 36.1 Å². The van der Waals surface area contributed by atoms with Gasteiger partial charge in [0.05, 0.1) is 18.4 Å². The molecule has 21 heavy (non-hydrogen) atoms. The van der Waals surface area contributed by atoms with E-state index in [2.05, 4.69) is 9.46 Å². The first-order valence-corrected chi connectivity index (χ1v) is 8.31. The van der Waals surface area contributed by atoms with Gasteiger partial charge in [0, 0.05) is 12.2 Å². The molecular weight excluding hydrogens is 292 g/mol. The SMILES string of the molecule is CCc1cc(N)c(CC)c(S(=O)(=O)NCCC(=O)OC)c1. The zero-order valence-corrected chi connectivity index (χ0v) is 13.4. The number of rotatable bonds is 7. The Labute approximate surface area is 125 Å². The molecule has 0 aromatic heterocycles. The number of methoxy groups -OCH3 is 1. The molecule has 1 aromatic rings. The Balaban J connectivity index is 3.06. The summed E-state index contributed by atoms with van der Waals surface area (Å²) in [4.78, 5) is 11.2. The highest BCUT2D eigenvalue weighted by Gasteiger charge is 2.20. The molecule has 118 valence electrons. The van der Waals surface area contributed by atoms with Crippen LogP contribution in [0.1, 0.15) is 31.4 Å². The Hall–Kier alpha value is -1.60. The first-order valence-electron chi connectivity index (χ1n) is 6.83. The van der Waals surface area contributed by atoms with E-state index in [1.165, 1.54) is 7.11 Å². The first kappa shape index (κ1) is 17.5. The van der Waals surface area contributed by atoms with E-state index in [-0.39, 0.29) is 17.9 Å². The van der Waals surface area contributed by atoms with Crippen molar-refractivity contribution in [1.82, 2.24) is 4.72 Å². The molecule has 0 unspecified atom stereocenters. The minimum Gasteiger partial charge on any atom is -0.469 e. The third-order valence-corrected chi connectivity index (χ3v) is 4.73. The highest BCUT2D eigenvalue weighted by molar-refractivity contribution is 7.89. The van der Waals surface area contributed by atoms with Gasteiger partial charge in [-0.1, -0.05) is 13.8 Å². The number of benzene rings is 1. The number of carbonyl (C=O) groups is 1. The van der Waals surface area contributed by atoms with Crippen LogP contribution in [0.4, 0.5) is 5.69 Å². The van der Waals surface area contributed by atoms with Crippen LogP contribution in [-0.4, -0.2) is 28.0 Å². The van der Waals surface area contributed by atoms with Crippen LogP contribution in [0.15, 0.2) is 17.0 Å². The maximum Gasteiger partial charge on any atom is 0.306 e. The van der Waals surface area contributed by atoms with Crippen LogP contribution in [0.5, 0.6) is 0 Å². The summed E-state index contributed by atoms with van der Waals surface area (Å²) in [6.07, 6.45) is 1.20.